The number of halogens is 1. The van der Waals surface area contributed by atoms with Gasteiger partial charge in [0.1, 0.15) is 0 Å². The molecule has 1 aromatic rings. The van der Waals surface area contributed by atoms with Crippen LogP contribution >= 0.6 is 11.6 Å². The van der Waals surface area contributed by atoms with Crippen molar-refractivity contribution in [1.29, 1.82) is 0 Å². The van der Waals surface area contributed by atoms with Crippen LogP contribution in [0.1, 0.15) is 0 Å². The summed E-state index contributed by atoms with van der Waals surface area (Å²) >= 11 is 5.94. The van der Waals surface area contributed by atoms with Gasteiger partial charge in [-0.2, -0.15) is 0 Å². The van der Waals surface area contributed by atoms with Crippen LogP contribution in [0.5, 0.6) is 0 Å². The largest absolute Gasteiger partial charge is 0.324 e. The van der Waals surface area contributed by atoms with Gasteiger partial charge in [-0.1, -0.05) is 17.7 Å². The molecular formula is C12H16ClN3O3S. The second kappa shape index (κ2) is 7.28. The number of nitrogens with one attached hydrogen (secondary N) is 3. The number of amides is 1. The van der Waals surface area contributed by atoms with E-state index in [1.165, 1.54) is 18.2 Å². The van der Waals surface area contributed by atoms with Gasteiger partial charge in [0.2, 0.25) is 15.9 Å². The Labute approximate surface area is 123 Å². The van der Waals surface area contributed by atoms with E-state index in [-0.39, 0.29) is 12.5 Å². The zero-order chi connectivity index (χ0) is 15.2. The summed E-state index contributed by atoms with van der Waals surface area (Å²) in [5.74, 6) is -0.287. The van der Waals surface area contributed by atoms with Gasteiger partial charge >= 0.3 is 0 Å². The summed E-state index contributed by atoms with van der Waals surface area (Å²) < 4.78 is 24.6. The molecule has 1 amide bonds. The number of hydrogen-bond donors (Lipinski definition) is 3. The Bertz CT molecular complexity index is 602. The lowest BCUT2D eigenvalue weighted by atomic mass is 10.3. The van der Waals surface area contributed by atoms with E-state index < -0.39 is 10.0 Å². The standard InChI is InChI=1S/C12H16ClN3O3S/c1-3-6-14-8-12(17)15-11-7-9(4-5-10(11)13)16-20(2,18)19/h3-5,7,14,16H,1,6,8H2,2H3,(H,15,17). The van der Waals surface area contributed by atoms with E-state index in [9.17, 15) is 13.2 Å². The highest BCUT2D eigenvalue weighted by Gasteiger charge is 2.08. The molecule has 0 unspecified atom stereocenters. The fourth-order valence-corrected chi connectivity index (χ4v) is 2.10. The molecule has 0 bridgehead atoms. The Kier molecular flexibility index (Phi) is 6.00. The molecule has 0 aromatic heterocycles. The predicted molar refractivity (Wildman–Crippen MR) is 81.6 cm³/mol. The van der Waals surface area contributed by atoms with E-state index >= 15 is 0 Å². The average Bonchev–Trinajstić information content (AvgIpc) is 2.32. The van der Waals surface area contributed by atoms with E-state index in [4.69, 9.17) is 11.6 Å². The number of benzene rings is 1. The van der Waals surface area contributed by atoms with Gasteiger partial charge in [-0.05, 0) is 18.2 Å². The van der Waals surface area contributed by atoms with Gasteiger partial charge in [0, 0.05) is 6.54 Å². The Morgan fingerprint density at radius 1 is 1.45 bits per heavy atom. The molecule has 6 nitrogen and oxygen atoms in total. The third kappa shape index (κ3) is 6.05. The minimum atomic E-state index is -3.38. The molecule has 0 fully saturated rings. The van der Waals surface area contributed by atoms with Gasteiger partial charge in [-0.3, -0.25) is 9.52 Å². The molecule has 1 rings (SSSR count). The molecule has 0 saturated heterocycles. The van der Waals surface area contributed by atoms with Gasteiger partial charge in [0.25, 0.3) is 0 Å². The van der Waals surface area contributed by atoms with E-state index in [2.05, 4.69) is 21.9 Å². The molecule has 0 saturated carbocycles. The van der Waals surface area contributed by atoms with Crippen LogP contribution in [0, 0.1) is 0 Å². The molecule has 0 heterocycles. The van der Waals surface area contributed by atoms with Crippen LogP contribution in [0.4, 0.5) is 11.4 Å². The van der Waals surface area contributed by atoms with E-state index in [1.54, 1.807) is 6.08 Å². The molecule has 0 aliphatic heterocycles. The SMILES string of the molecule is C=CCNCC(=O)Nc1cc(NS(C)(=O)=O)ccc1Cl. The van der Waals surface area contributed by atoms with Crippen LogP contribution in [-0.4, -0.2) is 33.7 Å². The topological polar surface area (TPSA) is 87.3 Å². The maximum absolute atomic E-state index is 11.6. The third-order valence-electron chi connectivity index (χ3n) is 2.12. The summed E-state index contributed by atoms with van der Waals surface area (Å²) in [5.41, 5.74) is 0.664. The summed E-state index contributed by atoms with van der Waals surface area (Å²) in [6.45, 7) is 4.13. The van der Waals surface area contributed by atoms with Crippen molar-refractivity contribution < 1.29 is 13.2 Å². The highest BCUT2D eigenvalue weighted by Crippen LogP contribution is 2.25. The van der Waals surface area contributed by atoms with Crippen LogP contribution in [0.2, 0.25) is 5.02 Å². The first-order valence-electron chi connectivity index (χ1n) is 5.70. The quantitative estimate of drug-likeness (QED) is 0.524. The second-order valence-corrected chi connectivity index (χ2v) is 6.19. The van der Waals surface area contributed by atoms with Crippen molar-refractivity contribution in [1.82, 2.24) is 5.32 Å². The highest BCUT2D eigenvalue weighted by molar-refractivity contribution is 7.92. The van der Waals surface area contributed by atoms with E-state index in [0.717, 1.165) is 6.26 Å². The Morgan fingerprint density at radius 2 is 2.15 bits per heavy atom. The maximum Gasteiger partial charge on any atom is 0.238 e. The molecule has 0 aliphatic carbocycles. The van der Waals surface area contributed by atoms with Gasteiger partial charge in [0.15, 0.2) is 0 Å². The summed E-state index contributed by atoms with van der Waals surface area (Å²) in [6, 6.07) is 4.46. The van der Waals surface area contributed by atoms with Gasteiger partial charge < -0.3 is 10.6 Å². The zero-order valence-electron chi connectivity index (χ0n) is 10.9. The van der Waals surface area contributed by atoms with Crippen LogP contribution in [0.15, 0.2) is 30.9 Å². The van der Waals surface area contributed by atoms with Crippen LogP contribution < -0.4 is 15.4 Å². The Hall–Kier alpha value is -1.57. The van der Waals surface area contributed by atoms with Crippen LogP contribution in [0.25, 0.3) is 0 Å². The fourth-order valence-electron chi connectivity index (χ4n) is 1.38. The number of sulfonamides is 1. The minimum Gasteiger partial charge on any atom is -0.324 e. The first-order valence-corrected chi connectivity index (χ1v) is 7.97. The van der Waals surface area contributed by atoms with Crippen molar-refractivity contribution >= 4 is 38.9 Å². The van der Waals surface area contributed by atoms with Gasteiger partial charge in [-0.25, -0.2) is 8.42 Å². The third-order valence-corrected chi connectivity index (χ3v) is 3.05. The highest BCUT2D eigenvalue weighted by atomic mass is 35.5. The molecule has 1 aromatic carbocycles. The van der Waals surface area contributed by atoms with E-state index in [1.807, 2.05) is 0 Å². The van der Waals surface area contributed by atoms with Gasteiger partial charge in [0.05, 0.1) is 29.2 Å². The lowest BCUT2D eigenvalue weighted by Crippen LogP contribution is -2.28. The first kappa shape index (κ1) is 16.5. The number of carbonyl (C=O) groups excluding carboxylic acids is 1. The lowest BCUT2D eigenvalue weighted by molar-refractivity contribution is -0.115. The lowest BCUT2D eigenvalue weighted by Gasteiger charge is -2.10. The van der Waals surface area contributed by atoms with Crippen molar-refractivity contribution in [2.75, 3.05) is 29.4 Å². The van der Waals surface area contributed by atoms with Crippen LogP contribution in [0.3, 0.4) is 0 Å². The second-order valence-electron chi connectivity index (χ2n) is 4.04. The summed E-state index contributed by atoms with van der Waals surface area (Å²) in [6.07, 6.45) is 2.68. The summed E-state index contributed by atoms with van der Waals surface area (Å²) in [5, 5.41) is 5.76. The normalized spacial score (nSPS) is 10.9. The Morgan fingerprint density at radius 3 is 2.75 bits per heavy atom. The monoisotopic (exact) mass is 317 g/mol. The van der Waals surface area contributed by atoms with Crippen molar-refractivity contribution in [2.24, 2.45) is 0 Å². The maximum atomic E-state index is 11.6. The molecule has 0 spiro atoms. The molecule has 20 heavy (non-hydrogen) atoms. The molecule has 0 aliphatic rings. The minimum absolute atomic E-state index is 0.103. The number of anilines is 2. The summed E-state index contributed by atoms with van der Waals surface area (Å²) in [4.78, 5) is 11.6. The molecule has 3 N–H and O–H groups in total. The summed E-state index contributed by atoms with van der Waals surface area (Å²) in [7, 11) is -3.38. The van der Waals surface area contributed by atoms with Crippen molar-refractivity contribution in [2.45, 2.75) is 0 Å². The van der Waals surface area contributed by atoms with Crippen molar-refractivity contribution in [3.8, 4) is 0 Å². The number of carbonyl (C=O) groups is 1. The van der Waals surface area contributed by atoms with Gasteiger partial charge in [-0.15, -0.1) is 6.58 Å². The number of hydrogen-bond acceptors (Lipinski definition) is 4. The average molecular weight is 318 g/mol. The molecule has 0 atom stereocenters. The molecule has 110 valence electrons. The molecular weight excluding hydrogens is 302 g/mol. The molecule has 8 heteroatoms. The van der Waals surface area contributed by atoms with Crippen LogP contribution in [-0.2, 0) is 14.8 Å². The van der Waals surface area contributed by atoms with E-state index in [0.29, 0.717) is 22.9 Å². The zero-order valence-corrected chi connectivity index (χ0v) is 12.5. The fraction of sp³-hybridized carbons (Fsp3) is 0.250. The molecule has 0 radical (unpaired) electrons. The number of rotatable bonds is 7. The predicted octanol–water partition coefficient (Wildman–Crippen LogP) is 1.43. The smallest absolute Gasteiger partial charge is 0.238 e. The van der Waals surface area contributed by atoms with Crippen molar-refractivity contribution in [3.05, 3.63) is 35.9 Å². The van der Waals surface area contributed by atoms with Crippen molar-refractivity contribution in [3.63, 3.8) is 0 Å². The first-order chi connectivity index (χ1) is 9.31. The Balaban J connectivity index is 2.76.